The third kappa shape index (κ3) is 7.30. The smallest absolute Gasteiger partial charge is 0.337 e. The van der Waals surface area contributed by atoms with Gasteiger partial charge in [0, 0.05) is 13.1 Å². The van der Waals surface area contributed by atoms with Crippen LogP contribution >= 0.6 is 0 Å². The molecule has 0 rings (SSSR count). The van der Waals surface area contributed by atoms with E-state index in [9.17, 15) is 4.79 Å². The van der Waals surface area contributed by atoms with Crippen molar-refractivity contribution in [1.82, 2.24) is 11.0 Å². The molecule has 0 unspecified atom stereocenters. The highest BCUT2D eigenvalue weighted by Gasteiger charge is 2.01. The maximum atomic E-state index is 10.6. The highest BCUT2D eigenvalue weighted by Crippen LogP contribution is 1.79. The van der Waals surface area contributed by atoms with Gasteiger partial charge in [-0.05, 0) is 12.8 Å². The van der Waals surface area contributed by atoms with Crippen LogP contribution in [-0.4, -0.2) is 19.2 Å². The number of rotatable bonds is 6. The van der Waals surface area contributed by atoms with Gasteiger partial charge in [0.2, 0.25) is 0 Å². The van der Waals surface area contributed by atoms with E-state index in [0.29, 0.717) is 13.1 Å². The van der Waals surface area contributed by atoms with Gasteiger partial charge >= 0.3 is 6.16 Å². The predicted octanol–water partition coefficient (Wildman–Crippen LogP) is 0.969. The highest BCUT2D eigenvalue weighted by molar-refractivity contribution is 5.58. The number of carbonyl (C=O) groups is 1. The van der Waals surface area contributed by atoms with E-state index in [0.717, 1.165) is 12.8 Å². The molecule has 0 aliphatic heterocycles. The predicted molar refractivity (Wildman–Crippen MR) is 44.2 cm³/mol. The lowest BCUT2D eigenvalue weighted by Gasteiger charge is -2.04. The Bertz CT molecular complexity index is 107. The van der Waals surface area contributed by atoms with Gasteiger partial charge in [0.05, 0.1) is 0 Å². The van der Waals surface area contributed by atoms with E-state index in [2.05, 4.69) is 20.6 Å². The summed E-state index contributed by atoms with van der Waals surface area (Å²) in [7, 11) is 0. The van der Waals surface area contributed by atoms with Crippen molar-refractivity contribution < 1.29 is 14.5 Å². The average Bonchev–Trinajstić information content (AvgIpc) is 2.06. The Hall–Kier alpha value is -0.810. The van der Waals surface area contributed by atoms with Gasteiger partial charge in [0.25, 0.3) is 0 Å². The highest BCUT2D eigenvalue weighted by atomic mass is 16.9. The Labute approximate surface area is 72.3 Å². The summed E-state index contributed by atoms with van der Waals surface area (Å²) in [6.45, 7) is 5.19. The molecule has 0 heterocycles. The van der Waals surface area contributed by atoms with E-state index in [4.69, 9.17) is 0 Å². The minimum atomic E-state index is -0.753. The van der Waals surface area contributed by atoms with Crippen LogP contribution in [0.5, 0.6) is 0 Å². The zero-order chi connectivity index (χ0) is 9.23. The molecule has 0 fully saturated rings. The molecular weight excluding hydrogens is 160 g/mol. The zero-order valence-electron chi connectivity index (χ0n) is 7.55. The summed E-state index contributed by atoms with van der Waals surface area (Å²) < 4.78 is 0. The first-order valence-corrected chi connectivity index (χ1v) is 4.14. The molecule has 0 spiro atoms. The lowest BCUT2D eigenvalue weighted by Crippen LogP contribution is -2.27. The topological polar surface area (TPSA) is 59.6 Å². The lowest BCUT2D eigenvalue weighted by molar-refractivity contribution is -0.0133. The SMILES string of the molecule is CCCNOC(=O)ONCCC. The number of hydrogen-bond donors (Lipinski definition) is 2. The summed E-state index contributed by atoms with van der Waals surface area (Å²) in [5.74, 6) is 0. The van der Waals surface area contributed by atoms with E-state index >= 15 is 0 Å². The summed E-state index contributed by atoms with van der Waals surface area (Å²) in [6.07, 6.45) is 1.04. The minimum absolute atomic E-state index is 0.628. The van der Waals surface area contributed by atoms with Crippen LogP contribution in [0.1, 0.15) is 26.7 Å². The molecule has 0 amide bonds. The first-order chi connectivity index (χ1) is 5.81. The third-order valence-electron chi connectivity index (χ3n) is 1.02. The second kappa shape index (κ2) is 8.29. The van der Waals surface area contributed by atoms with E-state index < -0.39 is 6.16 Å². The van der Waals surface area contributed by atoms with Gasteiger partial charge in [-0.15, -0.1) is 11.0 Å². The molecule has 0 atom stereocenters. The summed E-state index contributed by atoms with van der Waals surface area (Å²) in [5, 5.41) is 0. The van der Waals surface area contributed by atoms with Crippen LogP contribution < -0.4 is 11.0 Å². The average molecular weight is 176 g/mol. The Kier molecular flexibility index (Phi) is 7.73. The minimum Gasteiger partial charge on any atom is -0.337 e. The van der Waals surface area contributed by atoms with Gasteiger partial charge < -0.3 is 9.68 Å². The fourth-order valence-corrected chi connectivity index (χ4v) is 0.445. The van der Waals surface area contributed by atoms with Crippen LogP contribution in [-0.2, 0) is 9.68 Å². The normalized spacial score (nSPS) is 9.50. The van der Waals surface area contributed by atoms with E-state index in [1.807, 2.05) is 13.8 Å². The molecule has 5 heteroatoms. The molecule has 0 radical (unpaired) electrons. The summed E-state index contributed by atoms with van der Waals surface area (Å²) in [6, 6.07) is 0. The van der Waals surface area contributed by atoms with E-state index in [1.165, 1.54) is 0 Å². The number of carbonyl (C=O) groups excluding carboxylic acids is 1. The summed E-state index contributed by atoms with van der Waals surface area (Å²) in [4.78, 5) is 19.5. The molecule has 2 N–H and O–H groups in total. The fraction of sp³-hybridized carbons (Fsp3) is 0.857. The molecule has 0 aromatic heterocycles. The quantitative estimate of drug-likeness (QED) is 0.466. The van der Waals surface area contributed by atoms with Crippen molar-refractivity contribution >= 4 is 6.16 Å². The summed E-state index contributed by atoms with van der Waals surface area (Å²) in [5.41, 5.74) is 4.89. The van der Waals surface area contributed by atoms with E-state index in [-0.39, 0.29) is 0 Å². The molecule has 0 aliphatic carbocycles. The van der Waals surface area contributed by atoms with Gasteiger partial charge in [-0.25, -0.2) is 0 Å². The lowest BCUT2D eigenvalue weighted by atomic mass is 10.5. The molecule has 0 aromatic carbocycles. The molecule has 0 bridgehead atoms. The Morgan fingerprint density at radius 3 is 1.83 bits per heavy atom. The van der Waals surface area contributed by atoms with Crippen LogP contribution in [0.4, 0.5) is 4.79 Å². The summed E-state index contributed by atoms with van der Waals surface area (Å²) >= 11 is 0. The van der Waals surface area contributed by atoms with Crippen LogP contribution in [0.2, 0.25) is 0 Å². The van der Waals surface area contributed by atoms with Gasteiger partial charge in [-0.3, -0.25) is 0 Å². The molecule has 12 heavy (non-hydrogen) atoms. The zero-order valence-corrected chi connectivity index (χ0v) is 7.55. The Balaban J connectivity index is 3.10. The number of hydroxylamine groups is 2. The third-order valence-corrected chi connectivity index (χ3v) is 1.02. The molecule has 0 aliphatic rings. The van der Waals surface area contributed by atoms with Gasteiger partial charge in [-0.1, -0.05) is 13.8 Å². The molecule has 0 saturated carbocycles. The second-order valence-corrected chi connectivity index (χ2v) is 2.24. The van der Waals surface area contributed by atoms with Crippen molar-refractivity contribution in [1.29, 1.82) is 0 Å². The van der Waals surface area contributed by atoms with Crippen molar-refractivity contribution in [3.8, 4) is 0 Å². The fourth-order valence-electron chi connectivity index (χ4n) is 0.445. The van der Waals surface area contributed by atoms with Crippen molar-refractivity contribution in [2.24, 2.45) is 0 Å². The van der Waals surface area contributed by atoms with Crippen LogP contribution in [0.25, 0.3) is 0 Å². The second-order valence-electron chi connectivity index (χ2n) is 2.24. The first kappa shape index (κ1) is 11.2. The Morgan fingerprint density at radius 2 is 1.50 bits per heavy atom. The van der Waals surface area contributed by atoms with Crippen LogP contribution in [0, 0.1) is 0 Å². The van der Waals surface area contributed by atoms with Gasteiger partial charge in [0.1, 0.15) is 0 Å². The standard InChI is InChI=1S/C7H16N2O3/c1-3-5-8-11-7(10)12-9-6-4-2/h8-9H,3-6H2,1-2H3. The largest absolute Gasteiger partial charge is 0.547 e. The molecule has 5 nitrogen and oxygen atoms in total. The molecular formula is C7H16N2O3. The van der Waals surface area contributed by atoms with Crippen molar-refractivity contribution in [3.05, 3.63) is 0 Å². The van der Waals surface area contributed by atoms with Crippen molar-refractivity contribution in [3.63, 3.8) is 0 Å². The molecule has 72 valence electrons. The van der Waals surface area contributed by atoms with Gasteiger partial charge in [0.15, 0.2) is 0 Å². The maximum absolute atomic E-state index is 10.6. The number of nitrogens with one attached hydrogen (secondary N) is 2. The molecule has 0 aromatic rings. The maximum Gasteiger partial charge on any atom is 0.547 e. The van der Waals surface area contributed by atoms with Gasteiger partial charge in [-0.2, -0.15) is 4.79 Å². The van der Waals surface area contributed by atoms with Crippen molar-refractivity contribution in [2.75, 3.05) is 13.1 Å². The monoisotopic (exact) mass is 176 g/mol. The molecule has 0 saturated heterocycles. The number of hydrogen-bond acceptors (Lipinski definition) is 5. The van der Waals surface area contributed by atoms with E-state index in [1.54, 1.807) is 0 Å². The Morgan fingerprint density at radius 1 is 1.08 bits per heavy atom. The van der Waals surface area contributed by atoms with Crippen LogP contribution in [0.15, 0.2) is 0 Å². The van der Waals surface area contributed by atoms with Crippen LogP contribution in [0.3, 0.4) is 0 Å². The first-order valence-electron chi connectivity index (χ1n) is 4.14. The van der Waals surface area contributed by atoms with Crippen molar-refractivity contribution in [2.45, 2.75) is 26.7 Å².